The predicted molar refractivity (Wildman–Crippen MR) is 80.1 cm³/mol. The van der Waals surface area contributed by atoms with E-state index < -0.39 is 0 Å². The number of hydrogen-bond acceptors (Lipinski definition) is 6. The van der Waals surface area contributed by atoms with Crippen molar-refractivity contribution in [3.8, 4) is 0 Å². The molecule has 0 aliphatic heterocycles. The van der Waals surface area contributed by atoms with Crippen molar-refractivity contribution in [1.82, 2.24) is 14.3 Å². The highest BCUT2D eigenvalue weighted by Gasteiger charge is 2.28. The Bertz CT molecular complexity index is 556. The second-order valence-corrected chi connectivity index (χ2v) is 7.00. The van der Waals surface area contributed by atoms with Gasteiger partial charge >= 0.3 is 0 Å². The van der Waals surface area contributed by atoms with Gasteiger partial charge in [0.25, 0.3) is 0 Å². The standard InChI is InChI=1S/C13H18N4S2/c1-7(2)12-15-10(6-18-12)8(3)14-13-16-11(17-19-13)9-4-5-9/h6-9H,4-5H2,1-3H3,(H,14,16,17)/t8-/m1/s1. The molecule has 6 heteroatoms. The molecular weight excluding hydrogens is 276 g/mol. The van der Waals surface area contributed by atoms with E-state index in [1.807, 2.05) is 0 Å². The predicted octanol–water partition coefficient (Wildman–Crippen LogP) is 4.17. The van der Waals surface area contributed by atoms with E-state index >= 15 is 0 Å². The normalized spacial score (nSPS) is 16.8. The second kappa shape index (κ2) is 5.17. The summed E-state index contributed by atoms with van der Waals surface area (Å²) in [5.41, 5.74) is 1.09. The first-order valence-electron chi connectivity index (χ1n) is 6.69. The Labute approximate surface area is 121 Å². The molecule has 4 nitrogen and oxygen atoms in total. The lowest BCUT2D eigenvalue weighted by Gasteiger charge is -2.09. The van der Waals surface area contributed by atoms with Gasteiger partial charge in [0, 0.05) is 28.7 Å². The molecule has 2 aromatic rings. The lowest BCUT2D eigenvalue weighted by molar-refractivity contribution is 0.799. The van der Waals surface area contributed by atoms with Gasteiger partial charge in [0.05, 0.1) is 16.7 Å². The number of anilines is 1. The highest BCUT2D eigenvalue weighted by Crippen LogP contribution is 2.39. The molecule has 1 aliphatic rings. The van der Waals surface area contributed by atoms with Crippen molar-refractivity contribution in [2.75, 3.05) is 5.32 Å². The van der Waals surface area contributed by atoms with Crippen LogP contribution in [0.5, 0.6) is 0 Å². The first-order chi connectivity index (χ1) is 9.13. The molecule has 102 valence electrons. The van der Waals surface area contributed by atoms with Crippen molar-refractivity contribution < 1.29 is 0 Å². The van der Waals surface area contributed by atoms with Gasteiger partial charge in [-0.1, -0.05) is 13.8 Å². The minimum absolute atomic E-state index is 0.184. The van der Waals surface area contributed by atoms with Crippen LogP contribution in [0.2, 0.25) is 0 Å². The van der Waals surface area contributed by atoms with E-state index in [0.29, 0.717) is 11.8 Å². The monoisotopic (exact) mass is 294 g/mol. The minimum atomic E-state index is 0.184. The van der Waals surface area contributed by atoms with E-state index in [1.165, 1.54) is 29.4 Å². The van der Waals surface area contributed by atoms with Crippen LogP contribution in [-0.2, 0) is 0 Å². The molecule has 0 bridgehead atoms. The third-order valence-electron chi connectivity index (χ3n) is 3.20. The molecule has 1 atom stereocenters. The summed E-state index contributed by atoms with van der Waals surface area (Å²) < 4.78 is 4.41. The molecule has 19 heavy (non-hydrogen) atoms. The van der Waals surface area contributed by atoms with Crippen molar-refractivity contribution in [3.63, 3.8) is 0 Å². The zero-order chi connectivity index (χ0) is 13.4. The Morgan fingerprint density at radius 1 is 1.26 bits per heavy atom. The van der Waals surface area contributed by atoms with Gasteiger partial charge in [-0.2, -0.15) is 4.37 Å². The minimum Gasteiger partial charge on any atom is -0.352 e. The van der Waals surface area contributed by atoms with E-state index in [2.05, 4.69) is 45.8 Å². The molecule has 0 unspecified atom stereocenters. The van der Waals surface area contributed by atoms with Gasteiger partial charge in [0.2, 0.25) is 5.13 Å². The Hall–Kier alpha value is -1.01. The third kappa shape index (κ3) is 2.95. The lowest BCUT2D eigenvalue weighted by atomic mass is 10.2. The summed E-state index contributed by atoms with van der Waals surface area (Å²) in [5, 5.41) is 7.64. The molecule has 0 saturated heterocycles. The Balaban J connectivity index is 1.66. The average Bonchev–Trinajstić information content (AvgIpc) is 2.92. The first-order valence-corrected chi connectivity index (χ1v) is 8.34. The van der Waals surface area contributed by atoms with Gasteiger partial charge in [-0.15, -0.1) is 11.3 Å². The van der Waals surface area contributed by atoms with Crippen LogP contribution in [0.4, 0.5) is 5.13 Å². The number of aromatic nitrogens is 3. The largest absolute Gasteiger partial charge is 0.352 e. The quantitative estimate of drug-likeness (QED) is 0.899. The van der Waals surface area contributed by atoms with Crippen LogP contribution >= 0.6 is 22.9 Å². The fourth-order valence-electron chi connectivity index (χ4n) is 1.82. The number of nitrogens with one attached hydrogen (secondary N) is 1. The van der Waals surface area contributed by atoms with Crippen LogP contribution in [0.1, 0.15) is 68.0 Å². The van der Waals surface area contributed by atoms with E-state index in [1.54, 1.807) is 11.3 Å². The maximum absolute atomic E-state index is 4.67. The number of thiazole rings is 1. The van der Waals surface area contributed by atoms with Crippen LogP contribution in [-0.4, -0.2) is 14.3 Å². The maximum Gasteiger partial charge on any atom is 0.203 e. The van der Waals surface area contributed by atoms with Crippen LogP contribution < -0.4 is 5.32 Å². The van der Waals surface area contributed by atoms with Gasteiger partial charge in [-0.05, 0) is 19.8 Å². The van der Waals surface area contributed by atoms with Crippen molar-refractivity contribution in [2.45, 2.75) is 51.5 Å². The Morgan fingerprint density at radius 2 is 2.05 bits per heavy atom. The highest BCUT2D eigenvalue weighted by atomic mass is 32.1. The number of hydrogen-bond donors (Lipinski definition) is 1. The molecule has 1 fully saturated rings. The molecule has 2 aromatic heterocycles. The van der Waals surface area contributed by atoms with Gasteiger partial charge in [0.1, 0.15) is 5.82 Å². The molecule has 0 radical (unpaired) electrons. The topological polar surface area (TPSA) is 50.7 Å². The van der Waals surface area contributed by atoms with E-state index in [-0.39, 0.29) is 6.04 Å². The first kappa shape index (κ1) is 13.0. The zero-order valence-electron chi connectivity index (χ0n) is 11.4. The van der Waals surface area contributed by atoms with E-state index in [9.17, 15) is 0 Å². The Kier molecular flexibility index (Phi) is 3.54. The highest BCUT2D eigenvalue weighted by molar-refractivity contribution is 7.10. The summed E-state index contributed by atoms with van der Waals surface area (Å²) >= 11 is 3.19. The molecule has 0 aromatic carbocycles. The fourth-order valence-corrected chi connectivity index (χ4v) is 3.49. The summed E-state index contributed by atoms with van der Waals surface area (Å²) in [6.45, 7) is 6.47. The van der Waals surface area contributed by atoms with Gasteiger partial charge in [0.15, 0.2) is 0 Å². The zero-order valence-corrected chi connectivity index (χ0v) is 13.0. The number of nitrogens with zero attached hydrogens (tertiary/aromatic N) is 3. The van der Waals surface area contributed by atoms with E-state index in [0.717, 1.165) is 16.6 Å². The SMILES string of the molecule is CC(C)c1nc([C@@H](C)Nc2nc(C3CC3)ns2)cs1. The van der Waals surface area contributed by atoms with Gasteiger partial charge < -0.3 is 5.32 Å². The molecule has 0 amide bonds. The molecule has 0 spiro atoms. The maximum atomic E-state index is 4.67. The Morgan fingerprint density at radius 3 is 2.68 bits per heavy atom. The molecule has 2 heterocycles. The summed E-state index contributed by atoms with van der Waals surface area (Å²) in [7, 11) is 0. The van der Waals surface area contributed by atoms with Gasteiger partial charge in [-0.3, -0.25) is 0 Å². The lowest BCUT2D eigenvalue weighted by Crippen LogP contribution is -2.07. The summed E-state index contributed by atoms with van der Waals surface area (Å²) in [6, 6.07) is 0.184. The average molecular weight is 294 g/mol. The summed E-state index contributed by atoms with van der Waals surface area (Å²) in [5.74, 6) is 2.13. The second-order valence-electron chi connectivity index (χ2n) is 5.36. The fraction of sp³-hybridized carbons (Fsp3) is 0.615. The van der Waals surface area contributed by atoms with Crippen molar-refractivity contribution in [3.05, 3.63) is 21.9 Å². The molecule has 3 rings (SSSR count). The molecular formula is C13H18N4S2. The third-order valence-corrected chi connectivity index (χ3v) is 5.03. The van der Waals surface area contributed by atoms with Crippen molar-refractivity contribution >= 4 is 28.0 Å². The smallest absolute Gasteiger partial charge is 0.203 e. The summed E-state index contributed by atoms with van der Waals surface area (Å²) in [4.78, 5) is 9.22. The molecule has 1 aliphatic carbocycles. The van der Waals surface area contributed by atoms with Crippen LogP contribution in [0.3, 0.4) is 0 Å². The van der Waals surface area contributed by atoms with Crippen LogP contribution in [0.25, 0.3) is 0 Å². The van der Waals surface area contributed by atoms with Gasteiger partial charge in [-0.25, -0.2) is 9.97 Å². The van der Waals surface area contributed by atoms with Crippen molar-refractivity contribution in [1.29, 1.82) is 0 Å². The summed E-state index contributed by atoms with van der Waals surface area (Å²) in [6.07, 6.45) is 2.49. The molecule has 1 N–H and O–H groups in total. The van der Waals surface area contributed by atoms with Crippen LogP contribution in [0.15, 0.2) is 5.38 Å². The van der Waals surface area contributed by atoms with E-state index in [4.69, 9.17) is 0 Å². The molecule has 1 saturated carbocycles. The number of rotatable bonds is 5. The van der Waals surface area contributed by atoms with Crippen molar-refractivity contribution in [2.24, 2.45) is 0 Å². The van der Waals surface area contributed by atoms with Crippen LogP contribution in [0, 0.1) is 0 Å².